The Hall–Kier alpha value is -3.55. The zero-order valence-electron chi connectivity index (χ0n) is 15.5. The number of hydrogen-bond donors (Lipinski definition) is 1. The average molecular weight is 365 g/mol. The van der Waals surface area contributed by atoms with Crippen LogP contribution in [0.15, 0.2) is 47.1 Å². The van der Waals surface area contributed by atoms with E-state index in [1.165, 1.54) is 7.11 Å². The lowest BCUT2D eigenvalue weighted by Crippen LogP contribution is -2.29. The van der Waals surface area contributed by atoms with E-state index in [0.717, 1.165) is 23.0 Å². The van der Waals surface area contributed by atoms with Crippen LogP contribution in [0.3, 0.4) is 0 Å². The molecule has 1 aliphatic rings. The summed E-state index contributed by atoms with van der Waals surface area (Å²) in [5.41, 5.74) is 3.30. The van der Waals surface area contributed by atoms with Crippen LogP contribution >= 0.6 is 0 Å². The number of amides is 1. The van der Waals surface area contributed by atoms with Gasteiger partial charge in [0.1, 0.15) is 5.70 Å². The van der Waals surface area contributed by atoms with Crippen LogP contribution < -0.4 is 10.2 Å². The molecule has 8 nitrogen and oxygen atoms in total. The molecule has 1 aromatic heterocycles. The first-order chi connectivity index (χ1) is 12.9. The van der Waals surface area contributed by atoms with E-state index in [2.05, 4.69) is 25.0 Å². The summed E-state index contributed by atoms with van der Waals surface area (Å²) in [7, 11) is 1.25. The van der Waals surface area contributed by atoms with Gasteiger partial charge in [0.2, 0.25) is 5.96 Å². The van der Waals surface area contributed by atoms with E-state index in [1.54, 1.807) is 4.90 Å². The summed E-state index contributed by atoms with van der Waals surface area (Å²) in [6, 6.07) is 9.31. The number of aromatic nitrogens is 2. The van der Waals surface area contributed by atoms with E-state index in [9.17, 15) is 9.59 Å². The minimum absolute atomic E-state index is 0.107. The molecule has 1 aliphatic heterocycles. The largest absolute Gasteiger partial charge is 0.466 e. The Morgan fingerprint density at radius 1 is 1.19 bits per heavy atom. The highest BCUT2D eigenvalue weighted by molar-refractivity contribution is 6.24. The average Bonchev–Trinajstić information content (AvgIpc) is 2.89. The first-order valence-corrected chi connectivity index (χ1v) is 8.26. The number of esters is 1. The van der Waals surface area contributed by atoms with Gasteiger partial charge in [0.05, 0.1) is 13.2 Å². The minimum atomic E-state index is -0.637. The molecular formula is C19H19N5O3. The quantitative estimate of drug-likeness (QED) is 0.661. The van der Waals surface area contributed by atoms with Crippen LogP contribution in [0.2, 0.25) is 0 Å². The van der Waals surface area contributed by atoms with Gasteiger partial charge in [-0.3, -0.25) is 15.0 Å². The molecule has 8 heteroatoms. The molecule has 1 fully saturated rings. The number of aliphatic imine (C=N–C) groups is 1. The molecule has 1 N–H and O–H groups in total. The number of ether oxygens (including phenoxy) is 1. The van der Waals surface area contributed by atoms with Crippen molar-refractivity contribution in [1.29, 1.82) is 0 Å². The van der Waals surface area contributed by atoms with E-state index in [0.29, 0.717) is 5.69 Å². The highest BCUT2D eigenvalue weighted by Crippen LogP contribution is 2.25. The number of anilines is 1. The second-order valence-corrected chi connectivity index (χ2v) is 6.07. The van der Waals surface area contributed by atoms with E-state index in [1.807, 2.05) is 51.1 Å². The lowest BCUT2D eigenvalue weighted by atomic mass is 10.2. The highest BCUT2D eigenvalue weighted by atomic mass is 16.5. The Labute approximate surface area is 156 Å². The van der Waals surface area contributed by atoms with Crippen LogP contribution in [0.25, 0.3) is 0 Å². The van der Waals surface area contributed by atoms with Crippen LogP contribution in [0, 0.1) is 20.8 Å². The van der Waals surface area contributed by atoms with E-state index < -0.39 is 11.9 Å². The van der Waals surface area contributed by atoms with Crippen molar-refractivity contribution >= 4 is 29.5 Å². The second-order valence-electron chi connectivity index (χ2n) is 6.07. The number of carbonyl (C=O) groups is 2. The monoisotopic (exact) mass is 365 g/mol. The van der Waals surface area contributed by atoms with Gasteiger partial charge in [-0.1, -0.05) is 12.1 Å². The number of carbonyl (C=O) groups excluding carboxylic acids is 2. The molecule has 138 valence electrons. The smallest absolute Gasteiger partial charge is 0.332 e. The van der Waals surface area contributed by atoms with Gasteiger partial charge in [0, 0.05) is 17.1 Å². The first-order valence-electron chi connectivity index (χ1n) is 8.26. The van der Waals surface area contributed by atoms with E-state index in [4.69, 9.17) is 0 Å². The zero-order valence-corrected chi connectivity index (χ0v) is 15.5. The van der Waals surface area contributed by atoms with Crippen LogP contribution in [-0.2, 0) is 14.3 Å². The summed E-state index contributed by atoms with van der Waals surface area (Å²) in [4.78, 5) is 38.7. The Kier molecular flexibility index (Phi) is 4.98. The third-order valence-electron chi connectivity index (χ3n) is 3.80. The van der Waals surface area contributed by atoms with Gasteiger partial charge in [-0.2, -0.15) is 4.99 Å². The van der Waals surface area contributed by atoms with Crippen LogP contribution in [0.4, 0.5) is 11.6 Å². The Morgan fingerprint density at radius 3 is 2.52 bits per heavy atom. The lowest BCUT2D eigenvalue weighted by molar-refractivity contribution is -0.135. The summed E-state index contributed by atoms with van der Waals surface area (Å²) in [6.45, 7) is 5.61. The molecule has 0 atom stereocenters. The number of rotatable bonds is 3. The maximum atomic E-state index is 12.5. The standard InChI is InChI=1S/C19H19N5O3/c1-11-6-5-7-14(8-11)24-15(10-16(25)27-4)17(26)22-19(24)23-18-20-12(2)9-13(3)21-18/h5-10H,1-4H3,(H,20,21,22,23,26)/b15-10+. The predicted octanol–water partition coefficient (Wildman–Crippen LogP) is 2.08. The third-order valence-corrected chi connectivity index (χ3v) is 3.80. The molecule has 2 heterocycles. The fraction of sp³-hybridized carbons (Fsp3) is 0.211. The number of nitrogens with one attached hydrogen (secondary N) is 1. The van der Waals surface area contributed by atoms with E-state index in [-0.39, 0.29) is 17.6 Å². The molecule has 1 amide bonds. The molecule has 0 spiro atoms. The minimum Gasteiger partial charge on any atom is -0.466 e. The molecule has 0 bridgehead atoms. The normalized spacial score (nSPS) is 16.7. The lowest BCUT2D eigenvalue weighted by Gasteiger charge is -2.18. The van der Waals surface area contributed by atoms with Crippen molar-refractivity contribution in [1.82, 2.24) is 15.3 Å². The zero-order chi connectivity index (χ0) is 19.6. The van der Waals surface area contributed by atoms with Gasteiger partial charge in [-0.25, -0.2) is 14.8 Å². The predicted molar refractivity (Wildman–Crippen MR) is 101 cm³/mol. The summed E-state index contributed by atoms with van der Waals surface area (Å²) in [5, 5.41) is 2.67. The van der Waals surface area contributed by atoms with Gasteiger partial charge in [0.15, 0.2) is 0 Å². The van der Waals surface area contributed by atoms with Crippen molar-refractivity contribution in [2.75, 3.05) is 12.0 Å². The maximum absolute atomic E-state index is 12.5. The SMILES string of the molecule is COC(=O)/C=C1\C(=O)NC(=Nc2nc(C)cc(C)n2)N1c1cccc(C)c1. The van der Waals surface area contributed by atoms with Crippen LogP contribution in [-0.4, -0.2) is 34.9 Å². The van der Waals surface area contributed by atoms with Crippen molar-refractivity contribution in [3.63, 3.8) is 0 Å². The number of methoxy groups -OCH3 is 1. The number of guanidine groups is 1. The van der Waals surface area contributed by atoms with E-state index >= 15 is 0 Å². The molecule has 1 aromatic carbocycles. The summed E-state index contributed by atoms with van der Waals surface area (Å²) in [5.74, 6) is -0.669. The van der Waals surface area contributed by atoms with Crippen LogP contribution in [0.1, 0.15) is 17.0 Å². The third kappa shape index (κ3) is 4.00. The van der Waals surface area contributed by atoms with Gasteiger partial charge >= 0.3 is 5.97 Å². The fourth-order valence-corrected chi connectivity index (χ4v) is 2.70. The molecule has 0 saturated carbocycles. The molecule has 0 unspecified atom stereocenters. The van der Waals surface area contributed by atoms with Gasteiger partial charge in [-0.05, 0) is 44.5 Å². The number of nitrogens with zero attached hydrogens (tertiary/aromatic N) is 4. The van der Waals surface area contributed by atoms with Crippen LogP contribution in [0.5, 0.6) is 0 Å². The number of aryl methyl sites for hydroxylation is 3. The summed E-state index contributed by atoms with van der Waals surface area (Å²) < 4.78 is 4.67. The van der Waals surface area contributed by atoms with Gasteiger partial charge in [-0.15, -0.1) is 0 Å². The van der Waals surface area contributed by atoms with Crippen molar-refractivity contribution in [3.8, 4) is 0 Å². The Balaban J connectivity index is 2.14. The van der Waals surface area contributed by atoms with Gasteiger partial charge < -0.3 is 4.74 Å². The maximum Gasteiger partial charge on any atom is 0.332 e. The number of benzene rings is 1. The van der Waals surface area contributed by atoms with Crippen molar-refractivity contribution < 1.29 is 14.3 Å². The fourth-order valence-electron chi connectivity index (χ4n) is 2.70. The molecule has 0 aliphatic carbocycles. The topological polar surface area (TPSA) is 96.8 Å². The Bertz CT molecular complexity index is 961. The van der Waals surface area contributed by atoms with Crippen molar-refractivity contribution in [2.24, 2.45) is 4.99 Å². The highest BCUT2D eigenvalue weighted by Gasteiger charge is 2.34. The Morgan fingerprint density at radius 2 is 1.89 bits per heavy atom. The summed E-state index contributed by atoms with van der Waals surface area (Å²) in [6.07, 6.45) is 1.13. The molecule has 3 rings (SSSR count). The molecule has 2 aromatic rings. The second kappa shape index (κ2) is 7.36. The van der Waals surface area contributed by atoms with Crippen molar-refractivity contribution in [3.05, 3.63) is 59.1 Å². The molecule has 27 heavy (non-hydrogen) atoms. The first kappa shape index (κ1) is 18.2. The number of hydrogen-bond acceptors (Lipinski definition) is 6. The molecule has 1 saturated heterocycles. The molecule has 0 radical (unpaired) electrons. The summed E-state index contributed by atoms with van der Waals surface area (Å²) >= 11 is 0. The van der Waals surface area contributed by atoms with Gasteiger partial charge in [0.25, 0.3) is 11.9 Å². The van der Waals surface area contributed by atoms with Crippen molar-refractivity contribution in [2.45, 2.75) is 20.8 Å². The molecular weight excluding hydrogens is 346 g/mol.